The van der Waals surface area contributed by atoms with E-state index in [1.54, 1.807) is 0 Å². The SMILES string of the molecule is C[C@@H]1C[C@@H](CO)CCN1. The molecule has 0 unspecified atom stereocenters. The van der Waals surface area contributed by atoms with Gasteiger partial charge in [-0.3, -0.25) is 0 Å². The number of aliphatic hydroxyl groups excluding tert-OH is 1. The van der Waals surface area contributed by atoms with E-state index in [-0.39, 0.29) is 0 Å². The number of hydrogen-bond donors (Lipinski definition) is 2. The quantitative estimate of drug-likeness (QED) is 0.536. The highest BCUT2D eigenvalue weighted by atomic mass is 16.3. The molecule has 0 amide bonds. The third-order valence-electron chi connectivity index (χ3n) is 1.99. The molecule has 2 atom stereocenters. The molecule has 1 aliphatic rings. The summed E-state index contributed by atoms with van der Waals surface area (Å²) in [7, 11) is 0. The Hall–Kier alpha value is -0.0800. The van der Waals surface area contributed by atoms with Crippen LogP contribution in [-0.4, -0.2) is 24.3 Å². The van der Waals surface area contributed by atoms with Crippen LogP contribution in [0, 0.1) is 5.92 Å². The Balaban J connectivity index is 2.23. The van der Waals surface area contributed by atoms with Crippen LogP contribution in [0.5, 0.6) is 0 Å². The van der Waals surface area contributed by atoms with Gasteiger partial charge in [-0.2, -0.15) is 0 Å². The van der Waals surface area contributed by atoms with Crippen LogP contribution in [0.2, 0.25) is 0 Å². The first-order valence-corrected chi connectivity index (χ1v) is 3.67. The van der Waals surface area contributed by atoms with Crippen molar-refractivity contribution in [2.45, 2.75) is 25.8 Å². The van der Waals surface area contributed by atoms with Gasteiger partial charge < -0.3 is 10.4 Å². The van der Waals surface area contributed by atoms with Crippen LogP contribution in [0.4, 0.5) is 0 Å². The van der Waals surface area contributed by atoms with E-state index in [0.29, 0.717) is 18.6 Å². The third-order valence-corrected chi connectivity index (χ3v) is 1.99. The topological polar surface area (TPSA) is 32.3 Å². The average Bonchev–Trinajstić information content (AvgIpc) is 1.88. The minimum absolute atomic E-state index is 0.367. The molecule has 1 heterocycles. The molecule has 1 saturated heterocycles. The van der Waals surface area contributed by atoms with Gasteiger partial charge in [0.05, 0.1) is 0 Å². The van der Waals surface area contributed by atoms with Crippen molar-refractivity contribution in [3.63, 3.8) is 0 Å². The van der Waals surface area contributed by atoms with E-state index in [1.165, 1.54) is 0 Å². The van der Waals surface area contributed by atoms with Gasteiger partial charge in [0.1, 0.15) is 0 Å². The number of aliphatic hydroxyl groups is 1. The summed E-state index contributed by atoms with van der Waals surface area (Å²) < 4.78 is 0. The zero-order valence-electron chi connectivity index (χ0n) is 5.93. The first-order valence-electron chi connectivity index (χ1n) is 3.67. The highest BCUT2D eigenvalue weighted by Crippen LogP contribution is 2.14. The van der Waals surface area contributed by atoms with E-state index < -0.39 is 0 Å². The second-order valence-electron chi connectivity index (χ2n) is 2.93. The minimum atomic E-state index is 0.367. The highest BCUT2D eigenvalue weighted by Gasteiger charge is 2.16. The molecule has 0 aromatic heterocycles. The van der Waals surface area contributed by atoms with Crippen LogP contribution in [0.15, 0.2) is 0 Å². The smallest absolute Gasteiger partial charge is 0.0460 e. The van der Waals surface area contributed by atoms with Crippen LogP contribution < -0.4 is 5.32 Å². The molecule has 0 aliphatic carbocycles. The molecule has 2 nitrogen and oxygen atoms in total. The molecular weight excluding hydrogens is 114 g/mol. The zero-order chi connectivity index (χ0) is 6.69. The summed E-state index contributed by atoms with van der Waals surface area (Å²) in [6, 6.07) is 0.607. The maximum atomic E-state index is 8.78. The molecule has 0 saturated carbocycles. The Bertz CT molecular complexity index is 85.0. The maximum Gasteiger partial charge on any atom is 0.0460 e. The van der Waals surface area contributed by atoms with Crippen molar-refractivity contribution in [3.05, 3.63) is 0 Å². The van der Waals surface area contributed by atoms with Gasteiger partial charge in [-0.05, 0) is 32.2 Å². The summed E-state index contributed by atoms with van der Waals surface area (Å²) >= 11 is 0. The molecule has 0 bridgehead atoms. The first-order chi connectivity index (χ1) is 4.33. The molecule has 0 radical (unpaired) electrons. The zero-order valence-corrected chi connectivity index (χ0v) is 5.93. The number of rotatable bonds is 1. The number of nitrogens with one attached hydrogen (secondary N) is 1. The number of piperidine rings is 1. The van der Waals surface area contributed by atoms with Crippen LogP contribution in [0.25, 0.3) is 0 Å². The molecular formula is C7H15NO. The van der Waals surface area contributed by atoms with Gasteiger partial charge in [-0.25, -0.2) is 0 Å². The Labute approximate surface area is 56.3 Å². The van der Waals surface area contributed by atoms with E-state index >= 15 is 0 Å². The molecule has 0 spiro atoms. The van der Waals surface area contributed by atoms with Crippen molar-refractivity contribution >= 4 is 0 Å². The fourth-order valence-corrected chi connectivity index (χ4v) is 1.40. The standard InChI is InChI=1S/C7H15NO/c1-6-4-7(5-9)2-3-8-6/h6-9H,2-5H2,1H3/t6-,7+/m1/s1. The van der Waals surface area contributed by atoms with E-state index in [1.807, 2.05) is 0 Å². The normalized spacial score (nSPS) is 36.7. The Morgan fingerprint density at radius 1 is 1.67 bits per heavy atom. The van der Waals surface area contributed by atoms with Crippen LogP contribution in [-0.2, 0) is 0 Å². The van der Waals surface area contributed by atoms with Gasteiger partial charge >= 0.3 is 0 Å². The highest BCUT2D eigenvalue weighted by molar-refractivity contribution is 4.73. The molecule has 2 N–H and O–H groups in total. The summed E-state index contributed by atoms with van der Waals surface area (Å²) in [5, 5.41) is 12.1. The summed E-state index contributed by atoms with van der Waals surface area (Å²) in [6.45, 7) is 3.61. The van der Waals surface area contributed by atoms with Gasteiger partial charge in [0.2, 0.25) is 0 Å². The average molecular weight is 129 g/mol. The van der Waals surface area contributed by atoms with Crippen molar-refractivity contribution in [2.24, 2.45) is 5.92 Å². The Morgan fingerprint density at radius 2 is 2.44 bits per heavy atom. The van der Waals surface area contributed by atoms with Gasteiger partial charge in [0.25, 0.3) is 0 Å². The maximum absolute atomic E-state index is 8.78. The monoisotopic (exact) mass is 129 g/mol. The molecule has 9 heavy (non-hydrogen) atoms. The van der Waals surface area contributed by atoms with E-state index in [0.717, 1.165) is 19.4 Å². The molecule has 1 fully saturated rings. The van der Waals surface area contributed by atoms with Crippen molar-refractivity contribution in [1.29, 1.82) is 0 Å². The summed E-state index contributed by atoms with van der Waals surface area (Å²) in [5.41, 5.74) is 0. The van der Waals surface area contributed by atoms with Crippen molar-refractivity contribution in [2.75, 3.05) is 13.2 Å². The predicted octanol–water partition coefficient (Wildman–Crippen LogP) is 0.367. The number of hydrogen-bond acceptors (Lipinski definition) is 2. The van der Waals surface area contributed by atoms with Crippen LogP contribution >= 0.6 is 0 Å². The summed E-state index contributed by atoms with van der Waals surface area (Å²) in [4.78, 5) is 0. The largest absolute Gasteiger partial charge is 0.396 e. The third kappa shape index (κ3) is 1.95. The van der Waals surface area contributed by atoms with E-state index in [2.05, 4.69) is 12.2 Å². The lowest BCUT2D eigenvalue weighted by molar-refractivity contribution is 0.180. The van der Waals surface area contributed by atoms with Crippen molar-refractivity contribution < 1.29 is 5.11 Å². The second kappa shape index (κ2) is 3.18. The van der Waals surface area contributed by atoms with Gasteiger partial charge in [-0.1, -0.05) is 0 Å². The molecule has 1 aliphatic heterocycles. The summed E-state index contributed by atoms with van der Waals surface area (Å²) in [6.07, 6.45) is 2.28. The molecule has 0 aromatic carbocycles. The Kier molecular flexibility index (Phi) is 2.49. The predicted molar refractivity (Wildman–Crippen MR) is 37.3 cm³/mol. The fourth-order valence-electron chi connectivity index (χ4n) is 1.40. The lowest BCUT2D eigenvalue weighted by Crippen LogP contribution is -2.36. The second-order valence-corrected chi connectivity index (χ2v) is 2.93. The fraction of sp³-hybridized carbons (Fsp3) is 1.00. The molecule has 0 aromatic rings. The van der Waals surface area contributed by atoms with Crippen molar-refractivity contribution in [1.82, 2.24) is 5.32 Å². The van der Waals surface area contributed by atoms with Gasteiger partial charge in [0, 0.05) is 12.6 Å². The lowest BCUT2D eigenvalue weighted by atomic mass is 9.94. The Morgan fingerprint density at radius 3 is 2.89 bits per heavy atom. The van der Waals surface area contributed by atoms with Crippen LogP contribution in [0.3, 0.4) is 0 Å². The molecule has 1 rings (SSSR count). The van der Waals surface area contributed by atoms with Gasteiger partial charge in [0.15, 0.2) is 0 Å². The first kappa shape index (κ1) is 7.03. The molecule has 2 heteroatoms. The van der Waals surface area contributed by atoms with E-state index in [9.17, 15) is 0 Å². The van der Waals surface area contributed by atoms with Gasteiger partial charge in [-0.15, -0.1) is 0 Å². The minimum Gasteiger partial charge on any atom is -0.396 e. The lowest BCUT2D eigenvalue weighted by Gasteiger charge is -2.26. The van der Waals surface area contributed by atoms with E-state index in [4.69, 9.17) is 5.11 Å². The summed E-state index contributed by atoms with van der Waals surface area (Å²) in [5.74, 6) is 0.557. The van der Waals surface area contributed by atoms with Crippen molar-refractivity contribution in [3.8, 4) is 0 Å². The van der Waals surface area contributed by atoms with Crippen LogP contribution in [0.1, 0.15) is 19.8 Å². The molecule has 54 valence electrons.